The van der Waals surface area contributed by atoms with Gasteiger partial charge in [0.1, 0.15) is 0 Å². The predicted octanol–water partition coefficient (Wildman–Crippen LogP) is 3.81. The van der Waals surface area contributed by atoms with E-state index in [1.54, 1.807) is 0 Å². The van der Waals surface area contributed by atoms with Crippen molar-refractivity contribution in [3.8, 4) is 0 Å². The molecule has 1 nitrogen and oxygen atoms in total. The molecule has 72 valence electrons. The van der Waals surface area contributed by atoms with Crippen LogP contribution in [0.5, 0.6) is 0 Å². The molecule has 0 spiro atoms. The highest BCUT2D eigenvalue weighted by Crippen LogP contribution is 2.40. The molecular formula is C7H4Br2F3N. The minimum atomic E-state index is -4.38. The number of halogens is 5. The molecule has 0 heterocycles. The molecule has 0 radical (unpaired) electrons. The first-order valence-electron chi connectivity index (χ1n) is 3.14. The molecule has 1 aromatic rings. The van der Waals surface area contributed by atoms with Crippen molar-refractivity contribution in [2.75, 3.05) is 5.73 Å². The van der Waals surface area contributed by atoms with Gasteiger partial charge in [0.15, 0.2) is 0 Å². The standard InChI is InChI=1S/C7H4Br2F3N/c8-4-2-1-3(7(10,11)12)5(9)6(4)13/h1-2H,13H2. The first-order valence-corrected chi connectivity index (χ1v) is 4.73. The zero-order valence-corrected chi connectivity index (χ0v) is 9.29. The number of alkyl halides is 3. The Balaban J connectivity index is 3.35. The molecule has 1 aromatic carbocycles. The number of nitrogen functional groups attached to an aromatic ring is 1. The maximum atomic E-state index is 12.3. The van der Waals surface area contributed by atoms with Gasteiger partial charge in [-0.15, -0.1) is 0 Å². The summed E-state index contributed by atoms with van der Waals surface area (Å²) >= 11 is 5.82. The van der Waals surface area contributed by atoms with Gasteiger partial charge in [0.25, 0.3) is 0 Å². The molecule has 13 heavy (non-hydrogen) atoms. The number of anilines is 1. The minimum Gasteiger partial charge on any atom is -0.397 e. The second-order valence-electron chi connectivity index (χ2n) is 2.32. The lowest BCUT2D eigenvalue weighted by Crippen LogP contribution is -2.07. The average molecular weight is 319 g/mol. The number of hydrogen-bond donors (Lipinski definition) is 1. The third-order valence-corrected chi connectivity index (χ3v) is 2.98. The van der Waals surface area contributed by atoms with Crippen molar-refractivity contribution in [3.63, 3.8) is 0 Å². The maximum Gasteiger partial charge on any atom is 0.417 e. The second-order valence-corrected chi connectivity index (χ2v) is 3.97. The Morgan fingerprint density at radius 1 is 1.15 bits per heavy atom. The van der Waals surface area contributed by atoms with E-state index in [0.717, 1.165) is 6.07 Å². The summed E-state index contributed by atoms with van der Waals surface area (Å²) in [5.74, 6) is 0. The number of benzene rings is 1. The Morgan fingerprint density at radius 2 is 1.69 bits per heavy atom. The highest BCUT2D eigenvalue weighted by Gasteiger charge is 2.33. The van der Waals surface area contributed by atoms with Crippen LogP contribution in [0.3, 0.4) is 0 Å². The summed E-state index contributed by atoms with van der Waals surface area (Å²) in [5.41, 5.74) is 4.67. The zero-order valence-electron chi connectivity index (χ0n) is 6.12. The average Bonchev–Trinajstić information content (AvgIpc) is 1.98. The molecule has 0 fully saturated rings. The van der Waals surface area contributed by atoms with Crippen molar-refractivity contribution in [1.82, 2.24) is 0 Å². The smallest absolute Gasteiger partial charge is 0.397 e. The van der Waals surface area contributed by atoms with Crippen LogP contribution in [0.15, 0.2) is 21.1 Å². The summed E-state index contributed by atoms with van der Waals surface area (Å²) in [4.78, 5) is 0. The van der Waals surface area contributed by atoms with E-state index in [1.807, 2.05) is 0 Å². The van der Waals surface area contributed by atoms with Crippen LogP contribution in [0.1, 0.15) is 5.56 Å². The molecule has 0 saturated heterocycles. The van der Waals surface area contributed by atoms with Crippen LogP contribution in [0, 0.1) is 0 Å². The van der Waals surface area contributed by atoms with Gasteiger partial charge in [-0.2, -0.15) is 13.2 Å². The zero-order chi connectivity index (χ0) is 10.2. The number of hydrogen-bond acceptors (Lipinski definition) is 1. The highest BCUT2D eigenvalue weighted by atomic mass is 79.9. The lowest BCUT2D eigenvalue weighted by molar-refractivity contribution is -0.138. The summed E-state index contributed by atoms with van der Waals surface area (Å²) in [7, 11) is 0. The summed E-state index contributed by atoms with van der Waals surface area (Å²) in [6.45, 7) is 0. The highest BCUT2D eigenvalue weighted by molar-refractivity contribution is 9.11. The van der Waals surface area contributed by atoms with E-state index in [2.05, 4.69) is 31.9 Å². The molecule has 0 aromatic heterocycles. The minimum absolute atomic E-state index is 0.0508. The van der Waals surface area contributed by atoms with Crippen LogP contribution >= 0.6 is 31.9 Å². The second kappa shape index (κ2) is 3.49. The van der Waals surface area contributed by atoms with Gasteiger partial charge in [-0.1, -0.05) is 0 Å². The SMILES string of the molecule is Nc1c(Br)ccc(C(F)(F)F)c1Br. The molecule has 0 bridgehead atoms. The van der Waals surface area contributed by atoms with Crippen molar-refractivity contribution in [2.45, 2.75) is 6.18 Å². The van der Waals surface area contributed by atoms with Gasteiger partial charge in [-0.05, 0) is 44.0 Å². The van der Waals surface area contributed by atoms with E-state index in [-0.39, 0.29) is 10.2 Å². The number of nitrogens with two attached hydrogens (primary N) is 1. The van der Waals surface area contributed by atoms with Gasteiger partial charge in [0.05, 0.1) is 15.7 Å². The molecule has 6 heteroatoms. The van der Waals surface area contributed by atoms with Gasteiger partial charge in [0, 0.05) is 4.47 Å². The largest absolute Gasteiger partial charge is 0.417 e. The van der Waals surface area contributed by atoms with Crippen LogP contribution in [0.4, 0.5) is 18.9 Å². The fourth-order valence-corrected chi connectivity index (χ4v) is 1.96. The van der Waals surface area contributed by atoms with Crippen molar-refractivity contribution in [1.29, 1.82) is 0 Å². The molecule has 0 aliphatic heterocycles. The first kappa shape index (κ1) is 10.8. The molecule has 0 aliphatic carbocycles. The molecule has 0 atom stereocenters. The van der Waals surface area contributed by atoms with Gasteiger partial charge < -0.3 is 5.73 Å². The van der Waals surface area contributed by atoms with E-state index in [4.69, 9.17) is 5.73 Å². The lowest BCUT2D eigenvalue weighted by Gasteiger charge is -2.11. The Bertz CT molecular complexity index is 335. The van der Waals surface area contributed by atoms with Crippen molar-refractivity contribution >= 4 is 37.5 Å². The van der Waals surface area contributed by atoms with Crippen LogP contribution < -0.4 is 5.73 Å². The Labute approximate surface area is 89.4 Å². The van der Waals surface area contributed by atoms with Gasteiger partial charge in [0.2, 0.25) is 0 Å². The fraction of sp³-hybridized carbons (Fsp3) is 0.143. The first-order chi connectivity index (χ1) is 5.84. The van der Waals surface area contributed by atoms with Gasteiger partial charge in [-0.25, -0.2) is 0 Å². The van der Waals surface area contributed by atoms with Crippen molar-refractivity contribution in [3.05, 3.63) is 26.6 Å². The van der Waals surface area contributed by atoms with Crippen LogP contribution in [0.25, 0.3) is 0 Å². The summed E-state index contributed by atoms with van der Waals surface area (Å²) in [6.07, 6.45) is -4.38. The van der Waals surface area contributed by atoms with E-state index in [0.29, 0.717) is 4.47 Å². The van der Waals surface area contributed by atoms with Crippen molar-refractivity contribution in [2.24, 2.45) is 0 Å². The fourth-order valence-electron chi connectivity index (χ4n) is 0.788. The number of rotatable bonds is 0. The molecule has 1 rings (SSSR count). The lowest BCUT2D eigenvalue weighted by atomic mass is 10.2. The topological polar surface area (TPSA) is 26.0 Å². The Hall–Kier alpha value is -0.230. The van der Waals surface area contributed by atoms with Gasteiger partial charge >= 0.3 is 6.18 Å². The van der Waals surface area contributed by atoms with Crippen LogP contribution in [-0.2, 0) is 6.18 Å². The monoisotopic (exact) mass is 317 g/mol. The van der Waals surface area contributed by atoms with E-state index >= 15 is 0 Å². The maximum absolute atomic E-state index is 12.3. The molecule has 0 saturated carbocycles. The van der Waals surface area contributed by atoms with E-state index in [1.165, 1.54) is 6.07 Å². The third-order valence-electron chi connectivity index (χ3n) is 1.43. The molecule has 2 N–H and O–H groups in total. The van der Waals surface area contributed by atoms with Crippen molar-refractivity contribution < 1.29 is 13.2 Å². The normalized spacial score (nSPS) is 11.8. The Kier molecular flexibility index (Phi) is 2.91. The van der Waals surface area contributed by atoms with E-state index in [9.17, 15) is 13.2 Å². The third kappa shape index (κ3) is 2.17. The predicted molar refractivity (Wildman–Crippen MR) is 51.3 cm³/mol. The van der Waals surface area contributed by atoms with Crippen LogP contribution in [0.2, 0.25) is 0 Å². The summed E-state index contributed by atoms with van der Waals surface area (Å²) < 4.78 is 37.1. The Morgan fingerprint density at radius 3 is 2.15 bits per heavy atom. The quantitative estimate of drug-likeness (QED) is 0.723. The van der Waals surface area contributed by atoms with Gasteiger partial charge in [-0.3, -0.25) is 0 Å². The molecule has 0 unspecified atom stereocenters. The summed E-state index contributed by atoms with van der Waals surface area (Å²) in [5, 5.41) is 0. The molecular weight excluding hydrogens is 315 g/mol. The van der Waals surface area contributed by atoms with E-state index < -0.39 is 11.7 Å². The molecule has 0 amide bonds. The summed E-state index contributed by atoms with van der Waals surface area (Å²) in [6, 6.07) is 2.23. The van der Waals surface area contributed by atoms with Crippen LogP contribution in [-0.4, -0.2) is 0 Å². The molecule has 0 aliphatic rings.